The first kappa shape index (κ1) is 127. The van der Waals surface area contributed by atoms with Crippen LogP contribution >= 0.6 is 0 Å². The zero-order chi connectivity index (χ0) is 101. The Morgan fingerprint density at radius 1 is 0.212 bits per heavy atom. The summed E-state index contributed by atoms with van der Waals surface area (Å²) in [5.74, 6) is -7.58. The molecule has 0 aliphatic heterocycles. The Bertz CT molecular complexity index is 3540. The van der Waals surface area contributed by atoms with E-state index in [4.69, 9.17) is 22.9 Å². The molecular formula is C88H162N22O22. The third kappa shape index (κ3) is 72.7. The van der Waals surface area contributed by atoms with Crippen molar-refractivity contribution < 1.29 is 105 Å². The molecule has 26 N–H and O–H groups in total. The molecule has 0 saturated heterocycles. The highest BCUT2D eigenvalue weighted by molar-refractivity contribution is 5.96. The van der Waals surface area contributed by atoms with Gasteiger partial charge in [0.05, 0.1) is 50.3 Å². The van der Waals surface area contributed by atoms with Crippen LogP contribution in [0.25, 0.3) is 0 Å². The van der Waals surface area contributed by atoms with Crippen molar-refractivity contribution in [3.8, 4) is 0 Å². The quantitative estimate of drug-likeness (QED) is 0.0288. The van der Waals surface area contributed by atoms with E-state index in [1.807, 2.05) is 55.4 Å². The maximum atomic E-state index is 12.4. The van der Waals surface area contributed by atoms with E-state index in [9.17, 15) is 105 Å². The van der Waals surface area contributed by atoms with Crippen LogP contribution < -0.4 is 119 Å². The number of carbonyl (C=O) groups is 22. The van der Waals surface area contributed by atoms with E-state index in [2.05, 4.69) is 95.7 Å². The Morgan fingerprint density at radius 3 is 0.614 bits per heavy atom. The van der Waals surface area contributed by atoms with Gasteiger partial charge in [-0.15, -0.1) is 0 Å². The molecule has 0 aromatic rings. The number of nitrogens with two attached hydrogens (primary N) is 4. The molecule has 0 unspecified atom stereocenters. The third-order valence-corrected chi connectivity index (χ3v) is 19.2. The van der Waals surface area contributed by atoms with Crippen LogP contribution in [0.3, 0.4) is 0 Å². The van der Waals surface area contributed by atoms with Gasteiger partial charge in [0.1, 0.15) is 36.3 Å². The van der Waals surface area contributed by atoms with E-state index in [1.54, 1.807) is 0 Å². The number of hydrogen-bond acceptors (Lipinski definition) is 26. The van der Waals surface area contributed by atoms with Gasteiger partial charge in [-0.25, -0.2) is 0 Å². The fourth-order valence-electron chi connectivity index (χ4n) is 12.3. The number of hydrogen-bond donors (Lipinski definition) is 22. The number of carbonyl (C=O) groups excluding carboxylic acids is 22. The summed E-state index contributed by atoms with van der Waals surface area (Å²) in [6.07, 6.45) is 12.9. The average molecular weight is 1880 g/mol. The van der Waals surface area contributed by atoms with Gasteiger partial charge >= 0.3 is 0 Å². The minimum Gasteiger partial charge on any atom is -0.368 e. The van der Waals surface area contributed by atoms with Crippen LogP contribution in [0.15, 0.2) is 0 Å². The lowest BCUT2D eigenvalue weighted by atomic mass is 10.0. The summed E-state index contributed by atoms with van der Waals surface area (Å²) < 4.78 is 0. The summed E-state index contributed by atoms with van der Waals surface area (Å²) in [6, 6.07) is -7.70. The molecule has 0 aromatic carbocycles. The first-order chi connectivity index (χ1) is 62.4. The normalized spacial score (nSPS) is 12.8. The largest absolute Gasteiger partial charge is 0.368 e. The fourth-order valence-corrected chi connectivity index (χ4v) is 12.3. The SMILES string of the molecule is CCCNCC(=O)N[C@@H](CCCCNC(=O)CC[C@H](NC(=O)[C@@H](C)NC(C)=O)C(=O)CCC)C(N)=O.CCCNCC(=O)N[C@@H](CCCCNC(=O)CC[C@H](NC(C)=O)C(=O)CCC)C(N)=O.CCCNCC(=O)N[C@@H](CCCNC(=O)CC[C@H](NC(=O)[C@@H](C)NC(C)=O)C(=O)CCC)C(N)=O.CCCNCC(=O)N[C@@H](CCCNC(=O)CC[C@H](NC(C)=O)C(=O)CCC)C(N)=O. The minimum absolute atomic E-state index is 0.00794. The van der Waals surface area contributed by atoms with Gasteiger partial charge in [-0.2, -0.15) is 0 Å². The van der Waals surface area contributed by atoms with Crippen LogP contribution in [0.2, 0.25) is 0 Å². The van der Waals surface area contributed by atoms with E-state index in [0.717, 1.165) is 25.7 Å². The average Bonchev–Trinajstić information content (AvgIpc) is 0.900. The number of ketones is 4. The Balaban J connectivity index is -0.000000830. The second-order valence-electron chi connectivity index (χ2n) is 32.0. The molecule has 0 saturated carbocycles. The van der Waals surface area contributed by atoms with E-state index in [1.165, 1.54) is 41.5 Å². The molecule has 10 atom stereocenters. The van der Waals surface area contributed by atoms with E-state index >= 15 is 0 Å². The highest BCUT2D eigenvalue weighted by atomic mass is 16.2. The molecule has 0 bridgehead atoms. The van der Waals surface area contributed by atoms with E-state index < -0.39 is 95.9 Å². The molecule has 132 heavy (non-hydrogen) atoms. The van der Waals surface area contributed by atoms with Crippen molar-refractivity contribution in [2.45, 2.75) is 350 Å². The summed E-state index contributed by atoms with van der Waals surface area (Å²) in [4.78, 5) is 260. The van der Waals surface area contributed by atoms with Crippen LogP contribution in [-0.4, -0.2) is 268 Å². The molecule has 0 aliphatic rings. The Hall–Kier alpha value is -11.0. The van der Waals surface area contributed by atoms with Gasteiger partial charge in [-0.1, -0.05) is 55.4 Å². The molecule has 44 nitrogen and oxygen atoms in total. The van der Waals surface area contributed by atoms with E-state index in [0.29, 0.717) is 142 Å². The number of nitrogens with one attached hydrogen (secondary N) is 18. The molecule has 0 aliphatic carbocycles. The van der Waals surface area contributed by atoms with Crippen LogP contribution in [-0.2, 0) is 105 Å². The molecule has 0 radical (unpaired) electrons. The molecule has 44 heteroatoms. The van der Waals surface area contributed by atoms with Gasteiger partial charge < -0.3 is 119 Å². The Morgan fingerprint density at radius 2 is 0.417 bits per heavy atom. The van der Waals surface area contributed by atoms with Gasteiger partial charge in [0, 0.05) is 105 Å². The molecule has 756 valence electrons. The van der Waals surface area contributed by atoms with Crippen LogP contribution in [0.1, 0.15) is 290 Å². The summed E-state index contributed by atoms with van der Waals surface area (Å²) >= 11 is 0. The summed E-state index contributed by atoms with van der Waals surface area (Å²) in [7, 11) is 0. The van der Waals surface area contributed by atoms with Crippen molar-refractivity contribution in [2.75, 3.05) is 78.5 Å². The number of amides is 18. The smallest absolute Gasteiger partial charge is 0.242 e. The standard InChI is InChI=1S/C24H44N6O6.C23H42N6O6.C21H39N5O5.C20H37N5O5/c1-5-9-20(32)18(30-24(36)16(3)28-17(4)31)11-12-21(33)27-14-8-7-10-19(23(25)35)29-22(34)15-26-13-6-2;1-5-8-19(31)17(29-23(35)15(3)27-16(4)30)10-11-20(32)26-13-7-9-18(22(24)34)28-21(33)14-25-12-6-2;1-4-8-18(28)16(25-15(3)27)10-11-19(29)24-13-7-6-9-17(21(22)31)26-20(30)14-23-12-5-2;1-4-7-17(27)15(24-14(3)26)9-10-18(28)23-12-6-8-16(20(21)30)25-19(29)13-22-11-5-2/h16,18-19,26H,5-15H2,1-4H3,(H2,25,35)(H,27,33)(H,28,31)(H,29,34)(H,30,36);15,17-18,25H,5-14H2,1-4H3,(H2,24,34)(H,26,32)(H,27,30)(H,28,33)(H,29,35);16-17,23H,4-14H2,1-3H3,(H2,22,31)(H,24,29)(H,25,27)(H,26,30);15-16,22H,4-13H2,1-3H3,(H2,21,30)(H,23,28)(H,24,26)(H,25,29)/t16-,18+,19+;15-,17+,18+;16-,17-;15-,16-/m1100/s1. The van der Waals surface area contributed by atoms with Gasteiger partial charge in [0.2, 0.25) is 106 Å². The predicted octanol–water partition coefficient (Wildman–Crippen LogP) is -2.18. The molecule has 0 aromatic heterocycles. The Kier molecular flexibility index (Phi) is 77.9. The van der Waals surface area contributed by atoms with Gasteiger partial charge in [-0.3, -0.25) is 105 Å². The molecule has 0 rings (SSSR count). The second-order valence-corrected chi connectivity index (χ2v) is 32.0. The summed E-state index contributed by atoms with van der Waals surface area (Å²) in [5.41, 5.74) is 21.4. The van der Waals surface area contributed by atoms with E-state index in [-0.39, 0.29) is 197 Å². The first-order valence-corrected chi connectivity index (χ1v) is 46.5. The molecule has 0 heterocycles. The van der Waals surface area contributed by atoms with Gasteiger partial charge in [0.15, 0.2) is 23.1 Å². The Labute approximate surface area is 778 Å². The zero-order valence-electron chi connectivity index (χ0n) is 80.8. The minimum atomic E-state index is -0.834. The monoisotopic (exact) mass is 1880 g/mol. The lowest BCUT2D eigenvalue weighted by Gasteiger charge is -2.20. The van der Waals surface area contributed by atoms with Crippen molar-refractivity contribution in [1.82, 2.24) is 95.7 Å². The lowest BCUT2D eigenvalue weighted by Crippen LogP contribution is -2.50. The molecule has 18 amide bonds. The molecular weight excluding hydrogens is 1720 g/mol. The highest BCUT2D eigenvalue weighted by Crippen LogP contribution is 2.11. The maximum absolute atomic E-state index is 12.4. The summed E-state index contributed by atoms with van der Waals surface area (Å²) in [6.45, 7) is 28.2. The first-order valence-electron chi connectivity index (χ1n) is 46.5. The number of primary amides is 4. The maximum Gasteiger partial charge on any atom is 0.242 e. The third-order valence-electron chi connectivity index (χ3n) is 19.2. The number of Topliss-reactive ketones (excluding diaryl/α,β-unsaturated/α-hetero) is 4. The fraction of sp³-hybridized carbons (Fsp3) is 0.750. The van der Waals surface area contributed by atoms with Crippen LogP contribution in [0.4, 0.5) is 0 Å². The van der Waals surface area contributed by atoms with Crippen molar-refractivity contribution in [1.29, 1.82) is 0 Å². The van der Waals surface area contributed by atoms with Crippen molar-refractivity contribution in [2.24, 2.45) is 22.9 Å². The lowest BCUT2D eigenvalue weighted by molar-refractivity contribution is -0.131. The second kappa shape index (κ2) is 80.8. The molecule has 0 spiro atoms. The van der Waals surface area contributed by atoms with Crippen molar-refractivity contribution in [3.05, 3.63) is 0 Å². The van der Waals surface area contributed by atoms with Crippen LogP contribution in [0, 0.1) is 0 Å². The van der Waals surface area contributed by atoms with Gasteiger partial charge in [-0.05, 0) is 181 Å². The van der Waals surface area contributed by atoms with Crippen LogP contribution in [0.5, 0.6) is 0 Å². The zero-order valence-corrected chi connectivity index (χ0v) is 80.8. The number of rotatable bonds is 74. The molecule has 0 fully saturated rings. The summed E-state index contributed by atoms with van der Waals surface area (Å²) in [5, 5.41) is 48.4. The number of unbranched alkanes of at least 4 members (excludes halogenated alkanes) is 2. The van der Waals surface area contributed by atoms with Gasteiger partial charge in [0.25, 0.3) is 0 Å². The highest BCUT2D eigenvalue weighted by Gasteiger charge is 2.29. The predicted molar refractivity (Wildman–Crippen MR) is 498 cm³/mol. The van der Waals surface area contributed by atoms with Crippen molar-refractivity contribution in [3.63, 3.8) is 0 Å². The topological polar surface area (TPSA) is 696 Å². The van der Waals surface area contributed by atoms with Crippen molar-refractivity contribution >= 4 is 129 Å².